The number of carbonyl (C=O) groups excluding carboxylic acids is 1. The first-order valence-corrected chi connectivity index (χ1v) is 7.56. The van der Waals surface area contributed by atoms with Gasteiger partial charge >= 0.3 is 0 Å². The molecule has 5 heteroatoms. The number of nitrogens with zero attached hydrogens (tertiary/aromatic N) is 1. The molecule has 2 heterocycles. The van der Waals surface area contributed by atoms with Gasteiger partial charge in [0, 0.05) is 28.2 Å². The van der Waals surface area contributed by atoms with Crippen LogP contribution in [0.2, 0.25) is 0 Å². The molecule has 24 heavy (non-hydrogen) atoms. The maximum atomic E-state index is 13.4. The van der Waals surface area contributed by atoms with E-state index in [9.17, 15) is 9.18 Å². The molecular weight excluding hydrogens is 305 g/mol. The second-order valence-corrected chi connectivity index (χ2v) is 5.65. The molecular formula is C19H14FN3O. The Kier molecular flexibility index (Phi) is 3.27. The summed E-state index contributed by atoms with van der Waals surface area (Å²) in [6.45, 7) is 1.80. The van der Waals surface area contributed by atoms with Crippen molar-refractivity contribution in [3.8, 4) is 0 Å². The van der Waals surface area contributed by atoms with Gasteiger partial charge in [-0.3, -0.25) is 9.78 Å². The van der Waals surface area contributed by atoms with Gasteiger partial charge in [0.25, 0.3) is 5.91 Å². The van der Waals surface area contributed by atoms with Gasteiger partial charge in [0.15, 0.2) is 0 Å². The minimum absolute atomic E-state index is 0.247. The van der Waals surface area contributed by atoms with Gasteiger partial charge in [-0.15, -0.1) is 0 Å². The lowest BCUT2D eigenvalue weighted by Gasteiger charge is -2.08. The van der Waals surface area contributed by atoms with Crippen LogP contribution in [0.1, 0.15) is 16.1 Å². The highest BCUT2D eigenvalue weighted by molar-refractivity contribution is 6.15. The standard InChI is InChI=1S/C19H14FN3O/c1-11-17(14-8-7-13(20)10-16(14)22-11)19(24)23-15-6-2-4-12-5-3-9-21-18(12)15/h2-10,22H,1H3,(H,23,24). The number of aryl methyl sites for hydroxylation is 1. The van der Waals surface area contributed by atoms with E-state index in [1.54, 1.807) is 19.2 Å². The smallest absolute Gasteiger partial charge is 0.258 e. The van der Waals surface area contributed by atoms with Gasteiger partial charge in [-0.2, -0.15) is 0 Å². The SMILES string of the molecule is Cc1[nH]c2cc(F)ccc2c1C(=O)Nc1cccc2cccnc12. The largest absolute Gasteiger partial charge is 0.358 e. The molecule has 0 atom stereocenters. The van der Waals surface area contributed by atoms with Crippen molar-refractivity contribution < 1.29 is 9.18 Å². The molecule has 0 aliphatic heterocycles. The van der Waals surface area contributed by atoms with Crippen LogP contribution in [0.15, 0.2) is 54.7 Å². The Morgan fingerprint density at radius 1 is 1.17 bits per heavy atom. The molecule has 4 rings (SSSR count). The molecule has 0 aliphatic rings. The number of rotatable bonds is 2. The van der Waals surface area contributed by atoms with Gasteiger partial charge in [-0.1, -0.05) is 18.2 Å². The first-order chi connectivity index (χ1) is 11.6. The van der Waals surface area contributed by atoms with Crippen LogP contribution in [-0.4, -0.2) is 15.9 Å². The van der Waals surface area contributed by atoms with Gasteiger partial charge in [-0.25, -0.2) is 4.39 Å². The number of carbonyl (C=O) groups is 1. The molecule has 2 aromatic heterocycles. The number of pyridine rings is 1. The third-order valence-corrected chi connectivity index (χ3v) is 4.06. The van der Waals surface area contributed by atoms with Crippen molar-refractivity contribution in [3.63, 3.8) is 0 Å². The molecule has 0 spiro atoms. The molecule has 0 bridgehead atoms. The van der Waals surface area contributed by atoms with Crippen LogP contribution in [0.5, 0.6) is 0 Å². The number of halogens is 1. The number of H-pyrrole nitrogens is 1. The van der Waals surface area contributed by atoms with Crippen LogP contribution in [0, 0.1) is 12.7 Å². The number of hydrogen-bond acceptors (Lipinski definition) is 2. The first kappa shape index (κ1) is 14.4. The summed E-state index contributed by atoms with van der Waals surface area (Å²) in [6.07, 6.45) is 1.69. The number of nitrogens with one attached hydrogen (secondary N) is 2. The monoisotopic (exact) mass is 319 g/mol. The average molecular weight is 319 g/mol. The normalized spacial score (nSPS) is 11.1. The van der Waals surface area contributed by atoms with Crippen molar-refractivity contribution in [2.75, 3.05) is 5.32 Å². The number of amides is 1. The van der Waals surface area contributed by atoms with Crippen molar-refractivity contribution in [1.82, 2.24) is 9.97 Å². The van der Waals surface area contributed by atoms with Gasteiger partial charge in [0.1, 0.15) is 5.82 Å². The van der Waals surface area contributed by atoms with E-state index in [-0.39, 0.29) is 11.7 Å². The predicted octanol–water partition coefficient (Wildman–Crippen LogP) is 4.42. The van der Waals surface area contributed by atoms with Crippen LogP contribution >= 0.6 is 0 Å². The summed E-state index contributed by atoms with van der Waals surface area (Å²) in [5.41, 5.74) is 3.19. The zero-order chi connectivity index (χ0) is 16.7. The number of para-hydroxylation sites is 1. The zero-order valence-corrected chi connectivity index (χ0v) is 12.9. The van der Waals surface area contributed by atoms with E-state index in [0.717, 1.165) is 10.9 Å². The molecule has 0 unspecified atom stereocenters. The van der Waals surface area contributed by atoms with E-state index in [1.165, 1.54) is 12.1 Å². The summed E-state index contributed by atoms with van der Waals surface area (Å²) in [7, 11) is 0. The van der Waals surface area contributed by atoms with E-state index in [1.807, 2.05) is 30.3 Å². The molecule has 118 valence electrons. The quantitative estimate of drug-likeness (QED) is 0.575. The number of hydrogen-bond donors (Lipinski definition) is 2. The van der Waals surface area contributed by atoms with Gasteiger partial charge in [-0.05, 0) is 37.3 Å². The van der Waals surface area contributed by atoms with Crippen LogP contribution in [-0.2, 0) is 0 Å². The Balaban J connectivity index is 1.78. The third-order valence-electron chi connectivity index (χ3n) is 4.06. The summed E-state index contributed by atoms with van der Waals surface area (Å²) in [5.74, 6) is -0.586. The molecule has 0 saturated carbocycles. The van der Waals surface area contributed by atoms with E-state index >= 15 is 0 Å². The maximum Gasteiger partial charge on any atom is 0.258 e. The van der Waals surface area contributed by atoms with Crippen LogP contribution in [0.25, 0.3) is 21.8 Å². The van der Waals surface area contributed by atoms with Crippen LogP contribution < -0.4 is 5.32 Å². The van der Waals surface area contributed by atoms with Crippen molar-refractivity contribution in [1.29, 1.82) is 0 Å². The van der Waals surface area contributed by atoms with Crippen molar-refractivity contribution in [2.24, 2.45) is 0 Å². The van der Waals surface area contributed by atoms with Gasteiger partial charge in [0.05, 0.1) is 16.8 Å². The Bertz CT molecular complexity index is 1080. The number of fused-ring (bicyclic) bond motifs is 2. The number of aromatic amines is 1. The molecule has 0 aliphatic carbocycles. The lowest BCUT2D eigenvalue weighted by Crippen LogP contribution is -2.13. The lowest BCUT2D eigenvalue weighted by atomic mass is 10.1. The molecule has 0 fully saturated rings. The Morgan fingerprint density at radius 2 is 2.00 bits per heavy atom. The van der Waals surface area contributed by atoms with E-state index in [4.69, 9.17) is 0 Å². The third kappa shape index (κ3) is 2.31. The number of benzene rings is 2. The molecule has 0 saturated heterocycles. The molecule has 0 radical (unpaired) electrons. The topological polar surface area (TPSA) is 57.8 Å². The minimum atomic E-state index is -0.339. The van der Waals surface area contributed by atoms with Crippen LogP contribution in [0.3, 0.4) is 0 Å². The van der Waals surface area contributed by atoms with Crippen molar-refractivity contribution >= 4 is 33.4 Å². The molecule has 4 aromatic rings. The molecule has 1 amide bonds. The van der Waals surface area contributed by atoms with E-state index in [2.05, 4.69) is 15.3 Å². The average Bonchev–Trinajstić information content (AvgIpc) is 2.90. The fourth-order valence-electron chi connectivity index (χ4n) is 2.99. The molecule has 2 aromatic carbocycles. The Hall–Kier alpha value is -3.21. The highest BCUT2D eigenvalue weighted by Crippen LogP contribution is 2.26. The summed E-state index contributed by atoms with van der Waals surface area (Å²) in [5, 5.41) is 4.57. The van der Waals surface area contributed by atoms with E-state index in [0.29, 0.717) is 27.8 Å². The van der Waals surface area contributed by atoms with Gasteiger partial charge < -0.3 is 10.3 Å². The summed E-state index contributed by atoms with van der Waals surface area (Å²) < 4.78 is 13.4. The summed E-state index contributed by atoms with van der Waals surface area (Å²) in [4.78, 5) is 20.2. The lowest BCUT2D eigenvalue weighted by molar-refractivity contribution is 0.102. The second-order valence-electron chi connectivity index (χ2n) is 5.65. The van der Waals surface area contributed by atoms with Gasteiger partial charge in [0.2, 0.25) is 0 Å². The van der Waals surface area contributed by atoms with E-state index < -0.39 is 0 Å². The second kappa shape index (κ2) is 5.45. The zero-order valence-electron chi connectivity index (χ0n) is 12.9. The fraction of sp³-hybridized carbons (Fsp3) is 0.0526. The molecule has 2 N–H and O–H groups in total. The number of aromatic nitrogens is 2. The highest BCUT2D eigenvalue weighted by Gasteiger charge is 2.17. The van der Waals surface area contributed by atoms with Crippen molar-refractivity contribution in [3.05, 3.63) is 71.8 Å². The highest BCUT2D eigenvalue weighted by atomic mass is 19.1. The Labute approximate surface area is 137 Å². The predicted molar refractivity (Wildman–Crippen MR) is 92.7 cm³/mol. The first-order valence-electron chi connectivity index (χ1n) is 7.56. The van der Waals surface area contributed by atoms with Crippen LogP contribution in [0.4, 0.5) is 10.1 Å². The Morgan fingerprint density at radius 3 is 2.88 bits per heavy atom. The number of anilines is 1. The summed E-state index contributed by atoms with van der Waals surface area (Å²) >= 11 is 0. The summed E-state index contributed by atoms with van der Waals surface area (Å²) in [6, 6.07) is 13.8. The van der Waals surface area contributed by atoms with Crippen molar-refractivity contribution in [2.45, 2.75) is 6.92 Å². The maximum absolute atomic E-state index is 13.4. The fourth-order valence-corrected chi connectivity index (χ4v) is 2.99. The minimum Gasteiger partial charge on any atom is -0.358 e. The molecule has 4 nitrogen and oxygen atoms in total.